The van der Waals surface area contributed by atoms with E-state index in [1.54, 1.807) is 4.90 Å². The summed E-state index contributed by atoms with van der Waals surface area (Å²) in [6.45, 7) is 14.0. The minimum Gasteiger partial charge on any atom is -0.350 e. The smallest absolute Gasteiger partial charge is 0.243 e. The highest BCUT2D eigenvalue weighted by Gasteiger charge is 2.30. The Hall–Kier alpha value is -2.87. The van der Waals surface area contributed by atoms with Crippen molar-refractivity contribution in [2.24, 2.45) is 0 Å². The maximum Gasteiger partial charge on any atom is 0.243 e. The van der Waals surface area contributed by atoms with Gasteiger partial charge in [-0.1, -0.05) is 42.8 Å². The van der Waals surface area contributed by atoms with E-state index >= 15 is 0 Å². The lowest BCUT2D eigenvalue weighted by Crippen LogP contribution is -2.53. The molecule has 0 fully saturated rings. The van der Waals surface area contributed by atoms with Crippen LogP contribution in [0.3, 0.4) is 0 Å². The van der Waals surface area contributed by atoms with Crippen molar-refractivity contribution < 1.29 is 18.0 Å². The van der Waals surface area contributed by atoms with Gasteiger partial charge in [0.1, 0.15) is 6.04 Å². The molecule has 2 aromatic carbocycles. The molecule has 8 heteroatoms. The number of hydrogen-bond donors (Lipinski definition) is 1. The highest BCUT2D eigenvalue weighted by Crippen LogP contribution is 2.23. The number of rotatable bonds is 11. The maximum absolute atomic E-state index is 13.6. The van der Waals surface area contributed by atoms with Crippen LogP contribution in [0.25, 0.3) is 0 Å². The van der Waals surface area contributed by atoms with E-state index < -0.39 is 21.6 Å². The summed E-state index contributed by atoms with van der Waals surface area (Å²) in [6, 6.07) is 12.9. The second kappa shape index (κ2) is 12.6. The fourth-order valence-electron chi connectivity index (χ4n) is 4.48. The number of benzene rings is 2. The normalized spacial score (nSPS) is 12.6. The molecule has 0 unspecified atom stereocenters. The molecule has 0 radical (unpaired) electrons. The largest absolute Gasteiger partial charge is 0.350 e. The molecule has 0 heterocycles. The topological polar surface area (TPSA) is 86.8 Å². The molecule has 0 aliphatic rings. The summed E-state index contributed by atoms with van der Waals surface area (Å²) in [5.41, 5.74) is 4.14. The third-order valence-corrected chi connectivity index (χ3v) is 7.16. The molecule has 0 spiro atoms. The predicted octanol–water partition coefficient (Wildman–Crippen LogP) is 4.88. The van der Waals surface area contributed by atoms with Gasteiger partial charge in [-0.15, -0.1) is 0 Å². The molecule has 2 aromatic rings. The lowest BCUT2D eigenvalue weighted by molar-refractivity contribution is -0.142. The van der Waals surface area contributed by atoms with Gasteiger partial charge < -0.3 is 10.2 Å². The quantitative estimate of drug-likeness (QED) is 0.449. The summed E-state index contributed by atoms with van der Waals surface area (Å²) in [5, 5.41) is 3.01. The second-order valence-electron chi connectivity index (χ2n) is 11.0. The zero-order chi connectivity index (χ0) is 28.0. The molecule has 0 aliphatic heterocycles. The minimum absolute atomic E-state index is 0.127. The first-order valence-corrected chi connectivity index (χ1v) is 14.7. The zero-order valence-corrected chi connectivity index (χ0v) is 24.4. The van der Waals surface area contributed by atoms with Crippen LogP contribution in [0.4, 0.5) is 5.69 Å². The van der Waals surface area contributed by atoms with Crippen LogP contribution in [-0.4, -0.2) is 49.5 Å². The van der Waals surface area contributed by atoms with Gasteiger partial charge in [-0.25, -0.2) is 8.42 Å². The van der Waals surface area contributed by atoms with Crippen molar-refractivity contribution in [1.29, 1.82) is 0 Å². The van der Waals surface area contributed by atoms with Gasteiger partial charge in [0.2, 0.25) is 21.8 Å². The summed E-state index contributed by atoms with van der Waals surface area (Å²) >= 11 is 0. The van der Waals surface area contributed by atoms with Crippen LogP contribution in [0.15, 0.2) is 42.5 Å². The molecule has 0 bridgehead atoms. The van der Waals surface area contributed by atoms with Crippen LogP contribution in [0.1, 0.15) is 69.2 Å². The summed E-state index contributed by atoms with van der Waals surface area (Å²) in [7, 11) is -3.53. The molecular formula is C29H43N3O4S. The first-order valence-electron chi connectivity index (χ1n) is 12.8. The van der Waals surface area contributed by atoms with E-state index in [0.29, 0.717) is 25.1 Å². The Bertz CT molecular complexity index is 1180. The Labute approximate surface area is 223 Å². The van der Waals surface area contributed by atoms with Crippen molar-refractivity contribution in [3.05, 3.63) is 64.7 Å². The highest BCUT2D eigenvalue weighted by atomic mass is 32.2. The van der Waals surface area contributed by atoms with Gasteiger partial charge in [0.05, 0.1) is 11.9 Å². The Balaban J connectivity index is 2.27. The number of carbonyl (C=O) groups excluding carboxylic acids is 2. The van der Waals surface area contributed by atoms with Crippen molar-refractivity contribution in [2.75, 3.05) is 17.1 Å². The van der Waals surface area contributed by atoms with Crippen molar-refractivity contribution in [3.8, 4) is 0 Å². The first-order chi connectivity index (χ1) is 17.1. The van der Waals surface area contributed by atoms with Crippen LogP contribution in [0.5, 0.6) is 0 Å². The number of nitrogens with zero attached hydrogens (tertiary/aromatic N) is 2. The van der Waals surface area contributed by atoms with Crippen LogP contribution in [0, 0.1) is 20.8 Å². The SMILES string of the molecule is CC[C@H](C(=O)NC(C)(C)C)N(Cc1cccc(C)c1)C(=O)CCCN(c1cc(C)cc(C)c1)S(C)(=O)=O. The summed E-state index contributed by atoms with van der Waals surface area (Å²) in [6.07, 6.45) is 2.11. The number of hydrogen-bond acceptors (Lipinski definition) is 4. The van der Waals surface area contributed by atoms with E-state index in [0.717, 1.165) is 22.3 Å². The molecular weight excluding hydrogens is 486 g/mol. The van der Waals surface area contributed by atoms with Crippen molar-refractivity contribution >= 4 is 27.5 Å². The molecule has 2 rings (SSSR count). The van der Waals surface area contributed by atoms with Gasteiger partial charge in [-0.2, -0.15) is 0 Å². The van der Waals surface area contributed by atoms with E-state index in [9.17, 15) is 18.0 Å². The van der Waals surface area contributed by atoms with Crippen molar-refractivity contribution in [2.45, 2.75) is 85.9 Å². The molecule has 7 nitrogen and oxygen atoms in total. The van der Waals surface area contributed by atoms with E-state index in [4.69, 9.17) is 0 Å². The fourth-order valence-corrected chi connectivity index (χ4v) is 5.43. The molecule has 1 N–H and O–H groups in total. The lowest BCUT2D eigenvalue weighted by atomic mass is 10.0. The third kappa shape index (κ3) is 9.50. The Kier molecular flexibility index (Phi) is 10.3. The van der Waals surface area contributed by atoms with Gasteiger partial charge in [-0.3, -0.25) is 13.9 Å². The predicted molar refractivity (Wildman–Crippen MR) is 151 cm³/mol. The molecule has 1 atom stereocenters. The number of nitrogens with one attached hydrogen (secondary N) is 1. The standard InChI is InChI=1S/C29H43N3O4S/c1-9-26(28(34)30-29(5,6)7)31(20-24-13-10-12-21(2)17-24)27(33)14-11-15-32(37(8,35)36)25-18-22(3)16-23(4)19-25/h10,12-13,16-19,26H,9,11,14-15,20H2,1-8H3,(H,30,34)/t26-/m1/s1. The van der Waals surface area contributed by atoms with Gasteiger partial charge in [-0.05, 0) is 83.2 Å². The fraction of sp³-hybridized carbons (Fsp3) is 0.517. The van der Waals surface area contributed by atoms with E-state index in [1.807, 2.05) is 90.9 Å². The average Bonchev–Trinajstić information content (AvgIpc) is 2.73. The first kappa shape index (κ1) is 30.4. The molecule has 0 aromatic heterocycles. The number of anilines is 1. The zero-order valence-electron chi connectivity index (χ0n) is 23.6. The Morgan fingerprint density at radius 2 is 1.59 bits per heavy atom. The number of sulfonamides is 1. The molecule has 204 valence electrons. The average molecular weight is 530 g/mol. The number of carbonyl (C=O) groups is 2. The number of amides is 2. The highest BCUT2D eigenvalue weighted by molar-refractivity contribution is 7.92. The van der Waals surface area contributed by atoms with Crippen molar-refractivity contribution in [1.82, 2.24) is 10.2 Å². The van der Waals surface area contributed by atoms with Crippen LogP contribution in [-0.2, 0) is 26.2 Å². The molecule has 2 amide bonds. The Morgan fingerprint density at radius 3 is 2.11 bits per heavy atom. The van der Waals surface area contributed by atoms with Gasteiger partial charge in [0, 0.05) is 25.0 Å². The van der Waals surface area contributed by atoms with E-state index in [2.05, 4.69) is 5.32 Å². The monoisotopic (exact) mass is 529 g/mol. The van der Waals surface area contributed by atoms with Crippen LogP contribution in [0.2, 0.25) is 0 Å². The van der Waals surface area contributed by atoms with Crippen molar-refractivity contribution in [3.63, 3.8) is 0 Å². The van der Waals surface area contributed by atoms with E-state index in [1.165, 1.54) is 10.6 Å². The van der Waals surface area contributed by atoms with Crippen LogP contribution >= 0.6 is 0 Å². The molecule has 0 saturated carbocycles. The van der Waals surface area contributed by atoms with E-state index in [-0.39, 0.29) is 24.8 Å². The third-order valence-electron chi connectivity index (χ3n) is 5.97. The summed E-state index contributed by atoms with van der Waals surface area (Å²) in [5.74, 6) is -0.365. The molecule has 37 heavy (non-hydrogen) atoms. The second-order valence-corrected chi connectivity index (χ2v) is 12.9. The molecule has 0 aliphatic carbocycles. The number of aryl methyl sites for hydroxylation is 3. The summed E-state index contributed by atoms with van der Waals surface area (Å²) in [4.78, 5) is 28.4. The van der Waals surface area contributed by atoms with Crippen LogP contribution < -0.4 is 9.62 Å². The van der Waals surface area contributed by atoms with Gasteiger partial charge >= 0.3 is 0 Å². The van der Waals surface area contributed by atoms with Gasteiger partial charge in [0.25, 0.3) is 0 Å². The molecule has 0 saturated heterocycles. The Morgan fingerprint density at radius 1 is 0.973 bits per heavy atom. The minimum atomic E-state index is -3.53. The lowest BCUT2D eigenvalue weighted by Gasteiger charge is -2.33. The maximum atomic E-state index is 13.6. The summed E-state index contributed by atoms with van der Waals surface area (Å²) < 4.78 is 26.5. The van der Waals surface area contributed by atoms with Gasteiger partial charge in [0.15, 0.2) is 0 Å².